The highest BCUT2D eigenvalue weighted by molar-refractivity contribution is 5.48. The third kappa shape index (κ3) is 7.10. The third-order valence-corrected chi connectivity index (χ3v) is 6.66. The van der Waals surface area contributed by atoms with Crippen LogP contribution in [0.2, 0.25) is 0 Å². The molecule has 0 bridgehead atoms. The summed E-state index contributed by atoms with van der Waals surface area (Å²) in [6.07, 6.45) is -0.590. The van der Waals surface area contributed by atoms with E-state index in [4.69, 9.17) is 0 Å². The van der Waals surface area contributed by atoms with Crippen LogP contribution in [0.15, 0.2) is 91.0 Å². The molecule has 2 heterocycles. The minimum atomic E-state index is -4.82. The van der Waals surface area contributed by atoms with Crippen molar-refractivity contribution in [3.63, 3.8) is 0 Å². The fourth-order valence-electron chi connectivity index (χ4n) is 4.81. The molecule has 1 aromatic heterocycles. The van der Waals surface area contributed by atoms with Crippen molar-refractivity contribution in [2.45, 2.75) is 18.9 Å². The van der Waals surface area contributed by atoms with E-state index in [0.717, 1.165) is 30.8 Å². The first-order valence-electron chi connectivity index (χ1n) is 12.8. The van der Waals surface area contributed by atoms with Crippen LogP contribution in [0.25, 0.3) is 6.08 Å². The van der Waals surface area contributed by atoms with Crippen molar-refractivity contribution in [1.29, 1.82) is 0 Å². The van der Waals surface area contributed by atoms with Gasteiger partial charge in [-0.2, -0.15) is 0 Å². The van der Waals surface area contributed by atoms with Crippen molar-refractivity contribution < 1.29 is 17.9 Å². The van der Waals surface area contributed by atoms with Gasteiger partial charge in [0.15, 0.2) is 5.82 Å². The van der Waals surface area contributed by atoms with Crippen LogP contribution < -0.4 is 4.74 Å². The van der Waals surface area contributed by atoms with E-state index >= 15 is 0 Å². The number of para-hydroxylation sites is 1. The fraction of sp³-hybridized carbons (Fsp3) is 0.276. The maximum absolute atomic E-state index is 13.3. The van der Waals surface area contributed by atoms with Gasteiger partial charge in [0.1, 0.15) is 11.8 Å². The summed E-state index contributed by atoms with van der Waals surface area (Å²) >= 11 is 0. The van der Waals surface area contributed by atoms with Crippen LogP contribution in [0.3, 0.4) is 0 Å². The average molecular weight is 535 g/mol. The van der Waals surface area contributed by atoms with Crippen molar-refractivity contribution in [1.82, 2.24) is 30.0 Å². The van der Waals surface area contributed by atoms with Gasteiger partial charge in [-0.1, -0.05) is 91.0 Å². The second-order valence-electron chi connectivity index (χ2n) is 9.32. The van der Waals surface area contributed by atoms with Gasteiger partial charge in [-0.25, -0.2) is 4.68 Å². The second-order valence-corrected chi connectivity index (χ2v) is 9.32. The highest BCUT2D eigenvalue weighted by atomic mass is 19.4. The van der Waals surface area contributed by atoms with E-state index < -0.39 is 12.4 Å². The minimum Gasteiger partial charge on any atom is -0.405 e. The highest BCUT2D eigenvalue weighted by Crippen LogP contribution is 2.36. The Hall–Kier alpha value is -4.02. The molecule has 0 N–H and O–H groups in total. The predicted octanol–water partition coefficient (Wildman–Crippen LogP) is 5.04. The predicted molar refractivity (Wildman–Crippen MR) is 142 cm³/mol. The van der Waals surface area contributed by atoms with Gasteiger partial charge in [-0.05, 0) is 27.6 Å². The first kappa shape index (κ1) is 26.6. The normalized spacial score (nSPS) is 16.0. The lowest BCUT2D eigenvalue weighted by atomic mass is 10.0. The van der Waals surface area contributed by atoms with Crippen molar-refractivity contribution >= 4 is 6.08 Å². The molecule has 0 radical (unpaired) electrons. The van der Waals surface area contributed by atoms with Crippen molar-refractivity contribution in [2.24, 2.45) is 0 Å². The van der Waals surface area contributed by atoms with E-state index in [1.165, 1.54) is 12.1 Å². The number of benzene rings is 3. The molecule has 5 rings (SSSR count). The van der Waals surface area contributed by atoms with Crippen LogP contribution in [0.5, 0.6) is 5.75 Å². The number of hydrogen-bond donors (Lipinski definition) is 0. The van der Waals surface area contributed by atoms with E-state index in [1.54, 1.807) is 16.8 Å². The highest BCUT2D eigenvalue weighted by Gasteiger charge is 2.36. The van der Waals surface area contributed by atoms with Gasteiger partial charge in [-0.15, -0.1) is 18.3 Å². The maximum atomic E-state index is 13.3. The molecule has 4 aromatic rings. The first-order chi connectivity index (χ1) is 19.0. The average Bonchev–Trinajstić information content (AvgIpc) is 3.38. The molecule has 0 spiro atoms. The van der Waals surface area contributed by atoms with Gasteiger partial charge in [0.05, 0.1) is 6.54 Å². The summed E-state index contributed by atoms with van der Waals surface area (Å²) in [5, 5.41) is 12.4. The fourth-order valence-corrected chi connectivity index (χ4v) is 4.81. The number of aromatic nitrogens is 4. The SMILES string of the molecule is FC(F)(F)Oc1ccccc1C(c1nnnn1Cc1ccccc1)N1CCN(C/C=C/c2ccccc2)CC1. The number of alkyl halides is 3. The Morgan fingerprint density at radius 3 is 2.23 bits per heavy atom. The van der Waals surface area contributed by atoms with Crippen LogP contribution in [0.4, 0.5) is 13.2 Å². The lowest BCUT2D eigenvalue weighted by Crippen LogP contribution is -2.48. The summed E-state index contributed by atoms with van der Waals surface area (Å²) < 4.78 is 46.1. The molecule has 1 aliphatic heterocycles. The molecule has 0 saturated carbocycles. The summed E-state index contributed by atoms with van der Waals surface area (Å²) in [5.41, 5.74) is 2.50. The standard InChI is InChI=1S/C29H29F3N6O/c30-29(31,32)39-26-16-8-7-15-25(26)27(28-33-34-35-38(28)22-24-12-5-2-6-13-24)37-20-18-36(19-21-37)17-9-14-23-10-3-1-4-11-23/h1-16,27H,17-22H2/b14-9+. The Morgan fingerprint density at radius 2 is 1.51 bits per heavy atom. The number of nitrogens with zero attached hydrogens (tertiary/aromatic N) is 6. The van der Waals surface area contributed by atoms with Gasteiger partial charge < -0.3 is 4.74 Å². The molecular weight excluding hydrogens is 505 g/mol. The van der Waals surface area contributed by atoms with Crippen LogP contribution in [0.1, 0.15) is 28.6 Å². The Labute approximate surface area is 225 Å². The molecule has 39 heavy (non-hydrogen) atoms. The molecule has 1 fully saturated rings. The second kappa shape index (κ2) is 12.2. The van der Waals surface area contributed by atoms with Crippen molar-refractivity contribution in [3.8, 4) is 5.75 Å². The van der Waals surface area contributed by atoms with E-state index in [9.17, 15) is 13.2 Å². The quantitative estimate of drug-likeness (QED) is 0.300. The lowest BCUT2D eigenvalue weighted by molar-refractivity contribution is -0.275. The zero-order valence-corrected chi connectivity index (χ0v) is 21.3. The van der Waals surface area contributed by atoms with Crippen LogP contribution >= 0.6 is 0 Å². The van der Waals surface area contributed by atoms with Gasteiger partial charge in [-0.3, -0.25) is 9.80 Å². The minimum absolute atomic E-state index is 0.252. The maximum Gasteiger partial charge on any atom is 0.573 e. The summed E-state index contributed by atoms with van der Waals surface area (Å²) in [6, 6.07) is 25.4. The van der Waals surface area contributed by atoms with Gasteiger partial charge in [0.25, 0.3) is 0 Å². The lowest BCUT2D eigenvalue weighted by Gasteiger charge is -2.39. The molecule has 1 atom stereocenters. The van der Waals surface area contributed by atoms with E-state index in [-0.39, 0.29) is 5.75 Å². The number of rotatable bonds is 9. The molecule has 0 aliphatic carbocycles. The largest absolute Gasteiger partial charge is 0.573 e. The third-order valence-electron chi connectivity index (χ3n) is 6.66. The molecule has 1 saturated heterocycles. The molecule has 0 amide bonds. The van der Waals surface area contributed by atoms with Crippen molar-refractivity contribution in [3.05, 3.63) is 114 Å². The first-order valence-corrected chi connectivity index (χ1v) is 12.8. The summed E-state index contributed by atoms with van der Waals surface area (Å²) in [5.74, 6) is 0.215. The number of ether oxygens (including phenoxy) is 1. The molecular formula is C29H29F3N6O. The smallest absolute Gasteiger partial charge is 0.405 e. The van der Waals surface area contributed by atoms with Crippen LogP contribution in [-0.2, 0) is 6.54 Å². The van der Waals surface area contributed by atoms with E-state index in [1.807, 2.05) is 48.5 Å². The molecule has 10 heteroatoms. The Morgan fingerprint density at radius 1 is 0.846 bits per heavy atom. The Kier molecular flexibility index (Phi) is 8.33. The number of hydrogen-bond acceptors (Lipinski definition) is 6. The van der Waals surface area contributed by atoms with Gasteiger partial charge in [0, 0.05) is 38.3 Å². The topological polar surface area (TPSA) is 59.3 Å². The zero-order chi connectivity index (χ0) is 27.1. The van der Waals surface area contributed by atoms with Crippen LogP contribution in [-0.4, -0.2) is 69.1 Å². The molecule has 202 valence electrons. The number of tetrazole rings is 1. The Balaban J connectivity index is 1.39. The summed E-state index contributed by atoms with van der Waals surface area (Å²) in [6.45, 7) is 3.93. The molecule has 1 unspecified atom stereocenters. The van der Waals surface area contributed by atoms with E-state index in [2.05, 4.69) is 54.3 Å². The number of halogens is 3. The van der Waals surface area contributed by atoms with Gasteiger partial charge in [0.2, 0.25) is 0 Å². The zero-order valence-electron chi connectivity index (χ0n) is 21.3. The molecule has 1 aliphatic rings. The van der Waals surface area contributed by atoms with Crippen LogP contribution in [0, 0.1) is 0 Å². The Bertz CT molecular complexity index is 1350. The van der Waals surface area contributed by atoms with Crippen molar-refractivity contribution in [2.75, 3.05) is 32.7 Å². The molecule has 7 nitrogen and oxygen atoms in total. The summed E-state index contributed by atoms with van der Waals surface area (Å²) in [7, 11) is 0. The molecule has 3 aromatic carbocycles. The van der Waals surface area contributed by atoms with E-state index in [0.29, 0.717) is 31.0 Å². The monoisotopic (exact) mass is 534 g/mol. The number of piperazine rings is 1. The van der Waals surface area contributed by atoms with Gasteiger partial charge >= 0.3 is 6.36 Å². The summed E-state index contributed by atoms with van der Waals surface area (Å²) in [4.78, 5) is 4.45.